The summed E-state index contributed by atoms with van der Waals surface area (Å²) in [6.07, 6.45) is 6.75. The molecule has 4 saturated carbocycles. The predicted molar refractivity (Wildman–Crippen MR) is 93.9 cm³/mol. The molecule has 0 N–H and O–H groups in total. The van der Waals surface area contributed by atoms with Crippen LogP contribution in [0.4, 0.5) is 0 Å². The molecule has 5 atom stereocenters. The number of hydrogen-bond donors (Lipinski definition) is 0. The van der Waals surface area contributed by atoms with E-state index < -0.39 is 0 Å². The maximum atomic E-state index is 2.57. The zero-order chi connectivity index (χ0) is 15.3. The smallest absolute Gasteiger partial charge is 0.00374 e. The first-order valence-corrected chi connectivity index (χ1v) is 9.03. The fourth-order valence-electron chi connectivity index (χ4n) is 7.59. The highest BCUT2D eigenvalue weighted by molar-refractivity contribution is 5.67. The van der Waals surface area contributed by atoms with E-state index in [-0.39, 0.29) is 0 Å². The number of benzene rings is 2. The predicted octanol–water partition coefficient (Wildman–Crippen LogP) is 5.46. The van der Waals surface area contributed by atoms with Gasteiger partial charge in [-0.1, -0.05) is 79.2 Å². The van der Waals surface area contributed by atoms with Gasteiger partial charge in [-0.3, -0.25) is 0 Å². The first-order chi connectivity index (χ1) is 11.2. The van der Waals surface area contributed by atoms with Gasteiger partial charge in [0.05, 0.1) is 0 Å². The van der Waals surface area contributed by atoms with Crippen molar-refractivity contribution >= 4 is 6.08 Å². The lowest BCUT2D eigenvalue weighted by atomic mass is 9.07. The molecule has 5 unspecified atom stereocenters. The lowest BCUT2D eigenvalue weighted by Gasteiger charge is -2.96. The minimum absolute atomic E-state index is 0.518. The summed E-state index contributed by atoms with van der Waals surface area (Å²) in [6.45, 7) is 2.57. The molecule has 114 valence electrons. The van der Waals surface area contributed by atoms with Gasteiger partial charge in [-0.15, -0.1) is 0 Å². The van der Waals surface area contributed by atoms with Crippen molar-refractivity contribution in [3.8, 4) is 0 Å². The van der Waals surface area contributed by atoms with E-state index in [1.165, 1.54) is 24.8 Å². The molecule has 2 aromatic rings. The molecule has 0 nitrogen and oxygen atoms in total. The van der Waals surface area contributed by atoms with Crippen LogP contribution < -0.4 is 0 Å². The number of allylic oxidation sites excluding steroid dienone is 1. The van der Waals surface area contributed by atoms with Crippen LogP contribution in [0, 0.1) is 22.7 Å². The van der Waals surface area contributed by atoms with Crippen LogP contribution in [0.1, 0.15) is 37.3 Å². The van der Waals surface area contributed by atoms with E-state index in [1.54, 1.807) is 11.1 Å². The number of hydrogen-bond acceptors (Lipinski definition) is 0. The molecule has 4 fully saturated rings. The van der Waals surface area contributed by atoms with E-state index in [9.17, 15) is 0 Å². The average Bonchev–Trinajstić information content (AvgIpc) is 2.55. The monoisotopic (exact) mass is 298 g/mol. The van der Waals surface area contributed by atoms with Crippen LogP contribution in [0.5, 0.6) is 0 Å². The maximum Gasteiger partial charge on any atom is 0.00374 e. The van der Waals surface area contributed by atoms with Gasteiger partial charge in [0.1, 0.15) is 0 Å². The van der Waals surface area contributed by atoms with Gasteiger partial charge in [0.15, 0.2) is 0 Å². The van der Waals surface area contributed by atoms with Crippen molar-refractivity contribution in [2.24, 2.45) is 22.7 Å². The molecule has 0 heterocycles. The van der Waals surface area contributed by atoms with Crippen molar-refractivity contribution in [3.63, 3.8) is 0 Å². The topological polar surface area (TPSA) is 0 Å². The molecule has 0 bridgehead atoms. The van der Waals surface area contributed by atoms with Crippen LogP contribution in [0.15, 0.2) is 66.2 Å². The molecular weight excluding hydrogens is 276 g/mol. The summed E-state index contributed by atoms with van der Waals surface area (Å²) in [4.78, 5) is 0. The van der Waals surface area contributed by atoms with Crippen molar-refractivity contribution < 1.29 is 0 Å². The summed E-state index contributed by atoms with van der Waals surface area (Å²) in [5.41, 5.74) is 6.55. The van der Waals surface area contributed by atoms with E-state index in [2.05, 4.69) is 73.7 Å². The molecule has 1 spiro atoms. The maximum absolute atomic E-state index is 2.57. The van der Waals surface area contributed by atoms with E-state index in [0.717, 1.165) is 11.8 Å². The van der Waals surface area contributed by atoms with Gasteiger partial charge in [0.2, 0.25) is 0 Å². The molecule has 0 radical (unpaired) electrons. The third kappa shape index (κ3) is 1.09. The normalized spacial score (nSPS) is 46.6. The molecule has 6 rings (SSSR count). The molecule has 4 aliphatic carbocycles. The summed E-state index contributed by atoms with van der Waals surface area (Å²) in [5.74, 6) is 1.72. The summed E-state index contributed by atoms with van der Waals surface area (Å²) in [6, 6.07) is 22.3. The molecule has 2 aromatic carbocycles. The van der Waals surface area contributed by atoms with Crippen LogP contribution in [0.25, 0.3) is 6.08 Å². The van der Waals surface area contributed by atoms with E-state index in [0.29, 0.717) is 16.2 Å². The fourth-order valence-corrected chi connectivity index (χ4v) is 7.59. The van der Waals surface area contributed by atoms with Crippen LogP contribution in [-0.2, 0) is 5.41 Å². The van der Waals surface area contributed by atoms with Gasteiger partial charge in [0.25, 0.3) is 0 Å². The van der Waals surface area contributed by atoms with Crippen molar-refractivity contribution in [1.29, 1.82) is 0 Å². The zero-order valence-corrected chi connectivity index (χ0v) is 13.6. The van der Waals surface area contributed by atoms with E-state index in [1.807, 2.05) is 0 Å². The molecule has 0 heteroatoms. The molecule has 23 heavy (non-hydrogen) atoms. The van der Waals surface area contributed by atoms with E-state index in [4.69, 9.17) is 0 Å². The highest BCUT2D eigenvalue weighted by Gasteiger charge is 2.93. The highest BCUT2D eigenvalue weighted by atomic mass is 15.0. The molecule has 0 aromatic heterocycles. The third-order valence-corrected chi connectivity index (χ3v) is 8.05. The Morgan fingerprint density at radius 2 is 1.52 bits per heavy atom. The third-order valence-electron chi connectivity index (χ3n) is 8.05. The largest absolute Gasteiger partial charge is 0.0622 e. The van der Waals surface area contributed by atoms with Crippen molar-refractivity contribution in [2.75, 3.05) is 0 Å². The van der Waals surface area contributed by atoms with Gasteiger partial charge >= 0.3 is 0 Å². The molecule has 0 amide bonds. The molecule has 0 aliphatic heterocycles. The van der Waals surface area contributed by atoms with Crippen LogP contribution in [0.2, 0.25) is 0 Å². The lowest BCUT2D eigenvalue weighted by Crippen LogP contribution is -2.92. The van der Waals surface area contributed by atoms with Crippen molar-refractivity contribution in [2.45, 2.75) is 31.6 Å². The molecule has 4 aliphatic rings. The lowest BCUT2D eigenvalue weighted by molar-refractivity contribution is -0.407. The fraction of sp³-hybridized carbons (Fsp3) is 0.391. The second-order valence-corrected chi connectivity index (χ2v) is 8.62. The van der Waals surface area contributed by atoms with Gasteiger partial charge in [-0.2, -0.15) is 0 Å². The van der Waals surface area contributed by atoms with Gasteiger partial charge in [-0.05, 0) is 53.1 Å². The van der Waals surface area contributed by atoms with Crippen molar-refractivity contribution in [3.05, 3.63) is 77.4 Å². The Balaban J connectivity index is 1.41. The first-order valence-electron chi connectivity index (χ1n) is 9.03. The van der Waals surface area contributed by atoms with Crippen molar-refractivity contribution in [1.82, 2.24) is 0 Å². The zero-order valence-electron chi connectivity index (χ0n) is 13.6. The molecule has 0 saturated heterocycles. The van der Waals surface area contributed by atoms with Gasteiger partial charge < -0.3 is 0 Å². The van der Waals surface area contributed by atoms with Crippen LogP contribution in [0.3, 0.4) is 0 Å². The minimum Gasteiger partial charge on any atom is -0.0622 e. The Hall–Kier alpha value is -1.82. The Labute approximate surface area is 138 Å². The average molecular weight is 298 g/mol. The minimum atomic E-state index is 0.518. The summed E-state index contributed by atoms with van der Waals surface area (Å²) in [7, 11) is 0. The van der Waals surface area contributed by atoms with Gasteiger partial charge in [0, 0.05) is 5.41 Å². The summed E-state index contributed by atoms with van der Waals surface area (Å²) in [5, 5.41) is 0. The first kappa shape index (κ1) is 12.6. The van der Waals surface area contributed by atoms with Gasteiger partial charge in [-0.25, -0.2) is 0 Å². The second kappa shape index (κ2) is 3.64. The Kier molecular flexibility index (Phi) is 1.99. The number of rotatable bonds is 2. The second-order valence-electron chi connectivity index (χ2n) is 8.62. The summed E-state index contributed by atoms with van der Waals surface area (Å²) >= 11 is 0. The molecular formula is C23H22. The Morgan fingerprint density at radius 3 is 2.17 bits per heavy atom. The highest BCUT2D eigenvalue weighted by Crippen LogP contribution is 2.98. The standard InChI is InChI=1S/C23H22/c1-21-13-19-18(12-16-8-4-2-5-9-16)20-14-22(15-21,23(19,20)21)17-10-6-3-7-11-17/h2-12,19-20H,13-15H2,1H3/b18-12-. The Morgan fingerprint density at radius 1 is 0.870 bits per heavy atom. The summed E-state index contributed by atoms with van der Waals surface area (Å²) < 4.78 is 0. The SMILES string of the molecule is CC12CC3/C(=C/c4ccccc4)C4CC(c5ccccc5)(C1)C342. The Bertz CT molecular complexity index is 823. The van der Waals surface area contributed by atoms with E-state index >= 15 is 0 Å². The van der Waals surface area contributed by atoms with Crippen LogP contribution >= 0.6 is 0 Å². The quantitative estimate of drug-likeness (QED) is 0.691. The van der Waals surface area contributed by atoms with Crippen LogP contribution in [-0.4, -0.2) is 0 Å².